The molecule has 0 aliphatic heterocycles. The number of aryl methyl sites for hydroxylation is 1. The van der Waals surface area contributed by atoms with Crippen LogP contribution in [-0.4, -0.2) is 14.3 Å². The summed E-state index contributed by atoms with van der Waals surface area (Å²) in [4.78, 5) is 12.5. The zero-order valence-electron chi connectivity index (χ0n) is 16.4. The van der Waals surface area contributed by atoms with Crippen molar-refractivity contribution in [1.82, 2.24) is 0 Å². The fourth-order valence-electron chi connectivity index (χ4n) is 2.67. The molecule has 0 atom stereocenters. The van der Waals surface area contributed by atoms with Crippen LogP contribution in [0.3, 0.4) is 0 Å². The maximum absolute atomic E-state index is 12.6. The second kappa shape index (κ2) is 9.47. The average Bonchev–Trinajstić information content (AvgIpc) is 2.73. The van der Waals surface area contributed by atoms with Gasteiger partial charge in [-0.2, -0.15) is 13.7 Å². The number of para-hydroxylation sites is 1. The minimum Gasteiger partial charge on any atom is -0.378 e. The lowest BCUT2D eigenvalue weighted by Crippen LogP contribution is -2.14. The highest BCUT2D eigenvalue weighted by atomic mass is 35.5. The number of carbonyl (C=O) groups excluding carboxylic acids is 1. The maximum atomic E-state index is 12.6. The number of hydrogen-bond acceptors (Lipinski definition) is 5. The van der Waals surface area contributed by atoms with Crippen LogP contribution in [0.1, 0.15) is 11.1 Å². The summed E-state index contributed by atoms with van der Waals surface area (Å²) < 4.78 is 30.5. The van der Waals surface area contributed by atoms with Gasteiger partial charge >= 0.3 is 10.1 Å². The Bertz CT molecular complexity index is 1290. The van der Waals surface area contributed by atoms with E-state index in [1.54, 1.807) is 36.4 Å². The predicted octanol–water partition coefficient (Wildman–Crippen LogP) is 4.96. The first-order valence-electron chi connectivity index (χ1n) is 9.07. The van der Waals surface area contributed by atoms with Crippen molar-refractivity contribution in [3.8, 4) is 11.8 Å². The Kier molecular flexibility index (Phi) is 6.75. The molecule has 0 saturated heterocycles. The first-order chi connectivity index (χ1) is 14.8. The van der Waals surface area contributed by atoms with Crippen LogP contribution in [0, 0.1) is 18.3 Å². The third kappa shape index (κ3) is 5.72. The van der Waals surface area contributed by atoms with Crippen LogP contribution in [0.5, 0.6) is 5.75 Å². The molecule has 0 unspecified atom stereocenters. The quantitative estimate of drug-likeness (QED) is 0.324. The van der Waals surface area contributed by atoms with Gasteiger partial charge in [0.05, 0.1) is 0 Å². The van der Waals surface area contributed by atoms with E-state index < -0.39 is 16.0 Å². The molecule has 0 bridgehead atoms. The van der Waals surface area contributed by atoms with Crippen LogP contribution in [0.25, 0.3) is 6.08 Å². The van der Waals surface area contributed by atoms with Crippen LogP contribution in [-0.2, 0) is 14.9 Å². The SMILES string of the molecule is Cc1cccc(NC(=O)/C(C#N)=C/c2ccccc2OS(=O)(=O)c2ccc(Cl)cc2)c1. The van der Waals surface area contributed by atoms with E-state index in [0.29, 0.717) is 10.7 Å². The Hall–Kier alpha value is -3.60. The lowest BCUT2D eigenvalue weighted by Gasteiger charge is -2.10. The van der Waals surface area contributed by atoms with E-state index in [1.165, 1.54) is 36.4 Å². The minimum atomic E-state index is -4.14. The molecule has 0 fully saturated rings. The molecule has 0 radical (unpaired) electrons. The van der Waals surface area contributed by atoms with Gasteiger partial charge in [0, 0.05) is 16.3 Å². The lowest BCUT2D eigenvalue weighted by atomic mass is 10.1. The normalized spacial score (nSPS) is 11.5. The number of amides is 1. The number of hydrogen-bond donors (Lipinski definition) is 1. The Morgan fingerprint density at radius 3 is 2.45 bits per heavy atom. The third-order valence-corrected chi connectivity index (χ3v) is 5.66. The van der Waals surface area contributed by atoms with Crippen LogP contribution in [0.4, 0.5) is 5.69 Å². The van der Waals surface area contributed by atoms with Crippen molar-refractivity contribution in [3.63, 3.8) is 0 Å². The molecule has 3 aromatic rings. The zero-order valence-corrected chi connectivity index (χ0v) is 17.9. The van der Waals surface area contributed by atoms with Crippen molar-refractivity contribution in [2.75, 3.05) is 5.32 Å². The molecule has 1 N–H and O–H groups in total. The molecule has 6 nitrogen and oxygen atoms in total. The molecule has 0 aliphatic rings. The van der Waals surface area contributed by atoms with E-state index >= 15 is 0 Å². The topological polar surface area (TPSA) is 96.3 Å². The number of anilines is 1. The molecule has 0 aromatic heterocycles. The van der Waals surface area contributed by atoms with E-state index in [2.05, 4.69) is 5.32 Å². The maximum Gasteiger partial charge on any atom is 0.339 e. The Morgan fingerprint density at radius 1 is 1.06 bits per heavy atom. The Labute approximate surface area is 185 Å². The van der Waals surface area contributed by atoms with Gasteiger partial charge in [-0.25, -0.2) is 0 Å². The van der Waals surface area contributed by atoms with Gasteiger partial charge in [0.1, 0.15) is 22.3 Å². The number of benzene rings is 3. The smallest absolute Gasteiger partial charge is 0.339 e. The molecule has 0 heterocycles. The number of nitrogens with one attached hydrogen (secondary N) is 1. The van der Waals surface area contributed by atoms with Crippen molar-refractivity contribution >= 4 is 39.4 Å². The van der Waals surface area contributed by atoms with Gasteiger partial charge in [0.25, 0.3) is 5.91 Å². The highest BCUT2D eigenvalue weighted by Gasteiger charge is 2.19. The molecule has 0 spiro atoms. The largest absolute Gasteiger partial charge is 0.378 e. The van der Waals surface area contributed by atoms with E-state index in [0.717, 1.165) is 5.56 Å². The van der Waals surface area contributed by atoms with E-state index in [-0.39, 0.29) is 21.8 Å². The number of nitrogens with zero attached hydrogens (tertiary/aromatic N) is 1. The molecule has 3 aromatic carbocycles. The first-order valence-corrected chi connectivity index (χ1v) is 10.9. The molecule has 31 heavy (non-hydrogen) atoms. The van der Waals surface area contributed by atoms with Crippen LogP contribution >= 0.6 is 11.6 Å². The van der Waals surface area contributed by atoms with Gasteiger partial charge < -0.3 is 9.50 Å². The van der Waals surface area contributed by atoms with Crippen molar-refractivity contribution in [2.45, 2.75) is 11.8 Å². The van der Waals surface area contributed by atoms with Crippen molar-refractivity contribution in [3.05, 3.63) is 94.5 Å². The predicted molar refractivity (Wildman–Crippen MR) is 119 cm³/mol. The minimum absolute atomic E-state index is 0.0199. The Balaban J connectivity index is 1.89. The monoisotopic (exact) mass is 452 g/mol. The molecular formula is C23H17ClN2O4S. The van der Waals surface area contributed by atoms with Crippen molar-refractivity contribution in [2.24, 2.45) is 0 Å². The van der Waals surface area contributed by atoms with Gasteiger partial charge in [-0.05, 0) is 61.0 Å². The van der Waals surface area contributed by atoms with Crippen LogP contribution in [0.15, 0.2) is 83.3 Å². The van der Waals surface area contributed by atoms with Crippen LogP contribution < -0.4 is 9.50 Å². The highest BCUT2D eigenvalue weighted by molar-refractivity contribution is 7.87. The lowest BCUT2D eigenvalue weighted by molar-refractivity contribution is -0.112. The summed E-state index contributed by atoms with van der Waals surface area (Å²) in [6.45, 7) is 1.88. The van der Waals surface area contributed by atoms with Gasteiger partial charge in [-0.1, -0.05) is 41.9 Å². The van der Waals surface area contributed by atoms with Crippen molar-refractivity contribution in [1.29, 1.82) is 5.26 Å². The number of carbonyl (C=O) groups is 1. The standard InChI is InChI=1S/C23H17ClN2O4S/c1-16-5-4-7-20(13-16)26-23(27)18(15-25)14-17-6-2-3-8-22(17)30-31(28,29)21-11-9-19(24)10-12-21/h2-14H,1H3,(H,26,27)/b18-14+. The molecule has 1 amide bonds. The van der Waals surface area contributed by atoms with Gasteiger partial charge in [0.15, 0.2) is 0 Å². The van der Waals surface area contributed by atoms with Crippen LogP contribution in [0.2, 0.25) is 5.02 Å². The molecule has 0 aliphatic carbocycles. The number of halogens is 1. The van der Waals surface area contributed by atoms with Crippen molar-refractivity contribution < 1.29 is 17.4 Å². The van der Waals surface area contributed by atoms with E-state index in [9.17, 15) is 18.5 Å². The summed E-state index contributed by atoms with van der Waals surface area (Å²) in [5, 5.41) is 12.5. The molecule has 3 rings (SSSR count). The highest BCUT2D eigenvalue weighted by Crippen LogP contribution is 2.26. The third-order valence-electron chi connectivity index (χ3n) is 4.16. The molecule has 8 heteroatoms. The second-order valence-electron chi connectivity index (χ2n) is 6.52. The summed E-state index contributed by atoms with van der Waals surface area (Å²) in [5.41, 5.74) is 1.55. The second-order valence-corrected chi connectivity index (χ2v) is 8.51. The van der Waals surface area contributed by atoms with Gasteiger partial charge in [-0.3, -0.25) is 4.79 Å². The zero-order chi connectivity index (χ0) is 22.4. The summed E-state index contributed by atoms with van der Waals surface area (Å²) >= 11 is 5.80. The van der Waals surface area contributed by atoms with E-state index in [1.807, 2.05) is 19.1 Å². The summed E-state index contributed by atoms with van der Waals surface area (Å²) in [7, 11) is -4.14. The summed E-state index contributed by atoms with van der Waals surface area (Å²) in [5.74, 6) is -0.642. The number of rotatable bonds is 6. The summed E-state index contributed by atoms with van der Waals surface area (Å²) in [6.07, 6.45) is 1.28. The fraction of sp³-hybridized carbons (Fsp3) is 0.0435. The first kappa shape index (κ1) is 22.1. The van der Waals surface area contributed by atoms with E-state index in [4.69, 9.17) is 15.8 Å². The fourth-order valence-corrected chi connectivity index (χ4v) is 3.75. The average molecular weight is 453 g/mol. The number of nitriles is 1. The summed E-state index contributed by atoms with van der Waals surface area (Å²) in [6, 6.07) is 20.7. The Morgan fingerprint density at radius 2 is 1.77 bits per heavy atom. The van der Waals surface area contributed by atoms with Gasteiger partial charge in [-0.15, -0.1) is 0 Å². The molecule has 156 valence electrons. The molecular weight excluding hydrogens is 436 g/mol. The van der Waals surface area contributed by atoms with Gasteiger partial charge in [0.2, 0.25) is 0 Å². The molecule has 0 saturated carbocycles.